The highest BCUT2D eigenvalue weighted by atomic mass is 16.5. The zero-order chi connectivity index (χ0) is 18.9. The first kappa shape index (κ1) is 19.5. The Morgan fingerprint density at radius 1 is 1.00 bits per heavy atom. The van der Waals surface area contributed by atoms with E-state index in [1.165, 1.54) is 0 Å². The fourth-order valence-corrected chi connectivity index (χ4v) is 2.30. The van der Waals surface area contributed by atoms with Crippen molar-refractivity contribution < 1.29 is 19.1 Å². The lowest BCUT2D eigenvalue weighted by Crippen LogP contribution is -2.30. The molecule has 0 radical (unpaired) electrons. The van der Waals surface area contributed by atoms with Gasteiger partial charge in [0, 0.05) is 24.4 Å². The summed E-state index contributed by atoms with van der Waals surface area (Å²) in [5, 5.41) is 5.63. The summed E-state index contributed by atoms with van der Waals surface area (Å²) in [6.45, 7) is 4.57. The van der Waals surface area contributed by atoms with Gasteiger partial charge in [-0.2, -0.15) is 0 Å². The summed E-state index contributed by atoms with van der Waals surface area (Å²) in [5.41, 5.74) is 1.44. The molecule has 0 fully saturated rings. The minimum absolute atomic E-state index is 0.0388. The number of carbonyl (C=O) groups is 2. The third-order valence-electron chi connectivity index (χ3n) is 3.48. The number of rotatable bonds is 8. The van der Waals surface area contributed by atoms with E-state index in [0.717, 1.165) is 0 Å². The van der Waals surface area contributed by atoms with Gasteiger partial charge in [-0.15, -0.1) is 0 Å². The van der Waals surface area contributed by atoms with Gasteiger partial charge in [-0.1, -0.05) is 18.2 Å². The lowest BCUT2D eigenvalue weighted by molar-refractivity contribution is 0.0941. The van der Waals surface area contributed by atoms with Crippen LogP contribution in [0.4, 0.5) is 5.69 Å². The molecule has 0 aliphatic rings. The highest BCUT2D eigenvalue weighted by Gasteiger charge is 2.14. The summed E-state index contributed by atoms with van der Waals surface area (Å²) in [6, 6.07) is 13.8. The average Bonchev–Trinajstić information content (AvgIpc) is 2.62. The van der Waals surface area contributed by atoms with Crippen LogP contribution in [0.15, 0.2) is 48.5 Å². The number of amides is 2. The topological polar surface area (TPSA) is 76.7 Å². The van der Waals surface area contributed by atoms with Gasteiger partial charge < -0.3 is 20.1 Å². The molecule has 2 amide bonds. The van der Waals surface area contributed by atoms with Crippen LogP contribution in [0.2, 0.25) is 0 Å². The fraction of sp³-hybridized carbons (Fsp3) is 0.300. The van der Waals surface area contributed by atoms with E-state index >= 15 is 0 Å². The number of benzene rings is 2. The van der Waals surface area contributed by atoms with Crippen LogP contribution in [0.1, 0.15) is 34.6 Å². The first-order chi connectivity index (χ1) is 12.5. The van der Waals surface area contributed by atoms with Crippen LogP contribution in [0.5, 0.6) is 5.75 Å². The summed E-state index contributed by atoms with van der Waals surface area (Å²) >= 11 is 0. The van der Waals surface area contributed by atoms with Gasteiger partial charge in [-0.3, -0.25) is 9.59 Å². The van der Waals surface area contributed by atoms with Crippen molar-refractivity contribution in [1.29, 1.82) is 0 Å². The maximum absolute atomic E-state index is 12.6. The molecule has 138 valence electrons. The Hall–Kier alpha value is -2.86. The fourth-order valence-electron chi connectivity index (χ4n) is 2.30. The monoisotopic (exact) mass is 356 g/mol. The van der Waals surface area contributed by atoms with E-state index in [2.05, 4.69) is 10.6 Å². The Labute approximate surface area is 153 Å². The Morgan fingerprint density at radius 3 is 2.50 bits per heavy atom. The van der Waals surface area contributed by atoms with E-state index in [9.17, 15) is 9.59 Å². The van der Waals surface area contributed by atoms with E-state index in [1.807, 2.05) is 13.8 Å². The van der Waals surface area contributed by atoms with E-state index in [0.29, 0.717) is 35.8 Å². The molecule has 26 heavy (non-hydrogen) atoms. The molecule has 0 unspecified atom stereocenters. The number of para-hydroxylation sites is 1. The van der Waals surface area contributed by atoms with Crippen molar-refractivity contribution in [3.05, 3.63) is 59.7 Å². The Morgan fingerprint density at radius 2 is 1.77 bits per heavy atom. The minimum Gasteiger partial charge on any atom is -0.490 e. The van der Waals surface area contributed by atoms with Crippen LogP contribution < -0.4 is 15.4 Å². The molecule has 0 heterocycles. The van der Waals surface area contributed by atoms with Crippen LogP contribution in [0.3, 0.4) is 0 Å². The van der Waals surface area contributed by atoms with Crippen LogP contribution in [0, 0.1) is 0 Å². The number of carbonyl (C=O) groups excluding carboxylic acids is 2. The molecule has 0 saturated heterocycles. The van der Waals surface area contributed by atoms with Crippen molar-refractivity contribution in [2.45, 2.75) is 19.9 Å². The molecule has 2 aromatic carbocycles. The van der Waals surface area contributed by atoms with Crippen LogP contribution >= 0.6 is 0 Å². The molecule has 0 aliphatic heterocycles. The predicted molar refractivity (Wildman–Crippen MR) is 101 cm³/mol. The number of methoxy groups -OCH3 is 1. The van der Waals surface area contributed by atoms with Crippen molar-refractivity contribution in [3.63, 3.8) is 0 Å². The number of nitrogens with one attached hydrogen (secondary N) is 2. The maximum atomic E-state index is 12.6. The quantitative estimate of drug-likeness (QED) is 0.713. The number of ether oxygens (including phenoxy) is 2. The van der Waals surface area contributed by atoms with E-state index in [1.54, 1.807) is 55.6 Å². The van der Waals surface area contributed by atoms with Crippen molar-refractivity contribution >= 4 is 17.5 Å². The third-order valence-corrected chi connectivity index (χ3v) is 3.48. The van der Waals surface area contributed by atoms with Gasteiger partial charge in [0.2, 0.25) is 0 Å². The molecule has 0 bridgehead atoms. The summed E-state index contributed by atoms with van der Waals surface area (Å²) in [5.74, 6) is -0.00501. The Bertz CT molecular complexity index is 759. The summed E-state index contributed by atoms with van der Waals surface area (Å²) in [6.07, 6.45) is 0. The number of hydrogen-bond donors (Lipinski definition) is 2. The molecule has 2 rings (SSSR count). The molecule has 0 atom stereocenters. The molecule has 0 spiro atoms. The smallest absolute Gasteiger partial charge is 0.259 e. The van der Waals surface area contributed by atoms with Gasteiger partial charge in [-0.05, 0) is 44.2 Å². The molecule has 0 aliphatic carbocycles. The van der Waals surface area contributed by atoms with E-state index < -0.39 is 0 Å². The predicted octanol–water partition coefficient (Wildman–Crippen LogP) is 3.10. The van der Waals surface area contributed by atoms with Gasteiger partial charge in [0.1, 0.15) is 12.4 Å². The number of anilines is 1. The summed E-state index contributed by atoms with van der Waals surface area (Å²) in [4.78, 5) is 24.7. The zero-order valence-electron chi connectivity index (χ0n) is 15.2. The van der Waals surface area contributed by atoms with Crippen molar-refractivity contribution in [3.8, 4) is 5.75 Å². The van der Waals surface area contributed by atoms with Crippen molar-refractivity contribution in [2.24, 2.45) is 0 Å². The number of hydrogen-bond acceptors (Lipinski definition) is 4. The van der Waals surface area contributed by atoms with Crippen molar-refractivity contribution in [1.82, 2.24) is 5.32 Å². The molecule has 0 aromatic heterocycles. The SMILES string of the molecule is COCCOc1ccccc1C(=O)Nc1cccc(C(=O)NC(C)C)c1. The second-order valence-corrected chi connectivity index (χ2v) is 6.00. The Kier molecular flexibility index (Phi) is 7.17. The van der Waals surface area contributed by atoms with E-state index in [4.69, 9.17) is 9.47 Å². The van der Waals surface area contributed by atoms with Crippen molar-refractivity contribution in [2.75, 3.05) is 25.6 Å². The lowest BCUT2D eigenvalue weighted by atomic mass is 10.1. The normalized spacial score (nSPS) is 10.5. The van der Waals surface area contributed by atoms with Gasteiger partial charge in [0.25, 0.3) is 11.8 Å². The molecule has 6 heteroatoms. The van der Waals surface area contributed by atoms with Gasteiger partial charge in [0.15, 0.2) is 0 Å². The molecule has 0 saturated carbocycles. The zero-order valence-corrected chi connectivity index (χ0v) is 15.2. The largest absolute Gasteiger partial charge is 0.490 e. The lowest BCUT2D eigenvalue weighted by Gasteiger charge is -2.12. The molecule has 2 aromatic rings. The first-order valence-electron chi connectivity index (χ1n) is 8.44. The summed E-state index contributed by atoms with van der Waals surface area (Å²) < 4.78 is 10.6. The first-order valence-corrected chi connectivity index (χ1v) is 8.44. The molecule has 2 N–H and O–H groups in total. The molecular weight excluding hydrogens is 332 g/mol. The second-order valence-electron chi connectivity index (χ2n) is 6.00. The minimum atomic E-state index is -0.306. The van der Waals surface area contributed by atoms with Crippen LogP contribution in [-0.4, -0.2) is 38.2 Å². The van der Waals surface area contributed by atoms with E-state index in [-0.39, 0.29) is 17.9 Å². The van der Waals surface area contributed by atoms with Crippen LogP contribution in [0.25, 0.3) is 0 Å². The summed E-state index contributed by atoms with van der Waals surface area (Å²) in [7, 11) is 1.59. The Balaban J connectivity index is 2.12. The highest BCUT2D eigenvalue weighted by molar-refractivity contribution is 6.06. The average molecular weight is 356 g/mol. The van der Waals surface area contributed by atoms with Gasteiger partial charge >= 0.3 is 0 Å². The molecular formula is C20H24N2O4. The van der Waals surface area contributed by atoms with Gasteiger partial charge in [-0.25, -0.2) is 0 Å². The van der Waals surface area contributed by atoms with Crippen LogP contribution in [-0.2, 0) is 4.74 Å². The highest BCUT2D eigenvalue weighted by Crippen LogP contribution is 2.20. The third kappa shape index (κ3) is 5.60. The molecule has 6 nitrogen and oxygen atoms in total. The second kappa shape index (κ2) is 9.58. The van der Waals surface area contributed by atoms with Gasteiger partial charge in [0.05, 0.1) is 12.2 Å². The maximum Gasteiger partial charge on any atom is 0.259 e. The standard InChI is InChI=1S/C20H24N2O4/c1-14(2)21-19(23)15-7-6-8-16(13-15)22-20(24)17-9-4-5-10-18(17)26-12-11-25-3/h4-10,13-14H,11-12H2,1-3H3,(H,21,23)(H,22,24).